The van der Waals surface area contributed by atoms with E-state index in [0.29, 0.717) is 25.7 Å². The average molecular weight is 546 g/mol. The van der Waals surface area contributed by atoms with Gasteiger partial charge in [-0.05, 0) is 43.4 Å². The van der Waals surface area contributed by atoms with E-state index in [0.717, 1.165) is 48.2 Å². The summed E-state index contributed by atoms with van der Waals surface area (Å²) in [7, 11) is 0. The van der Waals surface area contributed by atoms with Crippen molar-refractivity contribution in [2.75, 3.05) is 26.3 Å². The van der Waals surface area contributed by atoms with Gasteiger partial charge in [0.15, 0.2) is 5.96 Å². The Bertz CT molecular complexity index is 804. The molecule has 1 aliphatic heterocycles. The fraction of sp³-hybridized carbons (Fsp3) is 0.545. The molecule has 1 saturated heterocycles. The predicted octanol–water partition coefficient (Wildman–Crippen LogP) is 4.83. The topological polar surface area (TPSA) is 58.5 Å². The maximum Gasteiger partial charge on any atom is 0.191 e. The number of rotatable bonds is 7. The molecule has 0 bridgehead atoms. The summed E-state index contributed by atoms with van der Waals surface area (Å²) < 4.78 is 19.0. The summed E-state index contributed by atoms with van der Waals surface area (Å²) >= 11 is 1.66. The largest absolute Gasteiger partial charge is 0.381 e. The zero-order valence-electron chi connectivity index (χ0n) is 17.9. The van der Waals surface area contributed by atoms with Gasteiger partial charge in [-0.2, -0.15) is 0 Å². The molecule has 0 atom stereocenters. The van der Waals surface area contributed by atoms with E-state index >= 15 is 0 Å². The van der Waals surface area contributed by atoms with E-state index in [2.05, 4.69) is 41.8 Å². The molecule has 2 heterocycles. The lowest BCUT2D eigenvalue weighted by molar-refractivity contribution is 0.0513. The zero-order chi connectivity index (χ0) is 20.7. The molecule has 0 aliphatic carbocycles. The highest BCUT2D eigenvalue weighted by Gasteiger charge is 2.34. The first-order valence-corrected chi connectivity index (χ1v) is 11.2. The van der Waals surface area contributed by atoms with Gasteiger partial charge in [0, 0.05) is 37.1 Å². The highest BCUT2D eigenvalue weighted by molar-refractivity contribution is 14.0. The van der Waals surface area contributed by atoms with Crippen molar-refractivity contribution in [1.29, 1.82) is 0 Å². The van der Waals surface area contributed by atoms with E-state index in [1.165, 1.54) is 0 Å². The number of aromatic nitrogens is 1. The Morgan fingerprint density at radius 3 is 2.53 bits per heavy atom. The Kier molecular flexibility index (Phi) is 9.96. The van der Waals surface area contributed by atoms with E-state index in [-0.39, 0.29) is 35.2 Å². The Morgan fingerprint density at radius 2 is 1.93 bits per heavy atom. The molecule has 2 aromatic rings. The van der Waals surface area contributed by atoms with E-state index in [4.69, 9.17) is 9.73 Å². The van der Waals surface area contributed by atoms with Crippen molar-refractivity contribution < 1.29 is 9.13 Å². The van der Waals surface area contributed by atoms with Crippen LogP contribution in [0.3, 0.4) is 0 Å². The number of nitrogens with one attached hydrogen (secondary N) is 2. The van der Waals surface area contributed by atoms with Gasteiger partial charge < -0.3 is 15.4 Å². The van der Waals surface area contributed by atoms with Crippen molar-refractivity contribution in [3.8, 4) is 0 Å². The van der Waals surface area contributed by atoms with Crippen molar-refractivity contribution in [2.24, 2.45) is 4.99 Å². The second-order valence-corrected chi connectivity index (χ2v) is 8.71. The maximum absolute atomic E-state index is 13.4. The highest BCUT2D eigenvalue weighted by Crippen LogP contribution is 2.34. The van der Waals surface area contributed by atoms with Crippen molar-refractivity contribution >= 4 is 41.3 Å². The summed E-state index contributed by atoms with van der Waals surface area (Å²) in [6.07, 6.45) is 1.80. The molecule has 30 heavy (non-hydrogen) atoms. The first-order valence-electron chi connectivity index (χ1n) is 10.3. The van der Waals surface area contributed by atoms with Crippen molar-refractivity contribution in [2.45, 2.75) is 51.5 Å². The fourth-order valence-corrected chi connectivity index (χ4v) is 4.42. The number of ether oxygens (including phenoxy) is 1. The Hall–Kier alpha value is -1.26. The number of hydrogen-bond acceptors (Lipinski definition) is 4. The number of benzene rings is 1. The van der Waals surface area contributed by atoms with Crippen LogP contribution in [0.5, 0.6) is 0 Å². The second kappa shape index (κ2) is 12.0. The molecule has 1 aromatic carbocycles. The van der Waals surface area contributed by atoms with Crippen LogP contribution in [-0.2, 0) is 16.7 Å². The minimum Gasteiger partial charge on any atom is -0.381 e. The number of hydrogen-bond donors (Lipinski definition) is 2. The molecular weight excluding hydrogens is 514 g/mol. The van der Waals surface area contributed by atoms with Gasteiger partial charge in [0.2, 0.25) is 0 Å². The molecule has 0 spiro atoms. The highest BCUT2D eigenvalue weighted by atomic mass is 127. The quantitative estimate of drug-likeness (QED) is 0.297. The molecular formula is C22H32FIN4OS. The van der Waals surface area contributed by atoms with Crippen LogP contribution in [0.4, 0.5) is 4.39 Å². The minimum absolute atomic E-state index is 0. The molecule has 0 amide bonds. The smallest absolute Gasteiger partial charge is 0.191 e. The summed E-state index contributed by atoms with van der Waals surface area (Å²) in [4.78, 5) is 9.40. The van der Waals surface area contributed by atoms with Crippen molar-refractivity contribution in [1.82, 2.24) is 15.6 Å². The van der Waals surface area contributed by atoms with Gasteiger partial charge in [-0.3, -0.25) is 0 Å². The van der Waals surface area contributed by atoms with Crippen LogP contribution >= 0.6 is 35.3 Å². The molecule has 0 radical (unpaired) electrons. The maximum atomic E-state index is 13.4. The van der Waals surface area contributed by atoms with E-state index in [1.807, 2.05) is 12.1 Å². The molecule has 166 valence electrons. The Morgan fingerprint density at radius 1 is 1.23 bits per heavy atom. The summed E-state index contributed by atoms with van der Waals surface area (Å²) in [5.74, 6) is 1.00. The molecule has 3 rings (SSSR count). The molecule has 0 unspecified atom stereocenters. The molecule has 1 fully saturated rings. The van der Waals surface area contributed by atoms with Crippen molar-refractivity contribution in [3.63, 3.8) is 0 Å². The average Bonchev–Trinajstić information content (AvgIpc) is 3.21. The van der Waals surface area contributed by atoms with Gasteiger partial charge >= 0.3 is 0 Å². The predicted molar refractivity (Wildman–Crippen MR) is 133 cm³/mol. The van der Waals surface area contributed by atoms with Crippen molar-refractivity contribution in [3.05, 3.63) is 51.7 Å². The molecule has 1 aliphatic rings. The first-order chi connectivity index (χ1) is 14.0. The lowest BCUT2D eigenvalue weighted by Crippen LogP contribution is -2.48. The van der Waals surface area contributed by atoms with E-state index < -0.39 is 0 Å². The van der Waals surface area contributed by atoms with Crippen LogP contribution < -0.4 is 10.6 Å². The molecule has 8 heteroatoms. The summed E-state index contributed by atoms with van der Waals surface area (Å²) in [5.41, 5.74) is 2.18. The summed E-state index contributed by atoms with van der Waals surface area (Å²) in [6.45, 7) is 9.85. The Balaban J connectivity index is 0.00000320. The minimum atomic E-state index is -0.206. The van der Waals surface area contributed by atoms with Gasteiger partial charge in [-0.25, -0.2) is 14.4 Å². The van der Waals surface area contributed by atoms with Crippen LogP contribution in [0.2, 0.25) is 0 Å². The lowest BCUT2D eigenvalue weighted by Gasteiger charge is -2.38. The number of aliphatic imine (C=N–C) groups is 1. The van der Waals surface area contributed by atoms with Crippen LogP contribution in [-0.4, -0.2) is 37.2 Å². The van der Waals surface area contributed by atoms with Gasteiger partial charge in [-0.1, -0.05) is 26.0 Å². The van der Waals surface area contributed by atoms with Crippen LogP contribution in [0.15, 0.2) is 34.6 Å². The first kappa shape index (κ1) is 25.0. The third kappa shape index (κ3) is 6.62. The van der Waals surface area contributed by atoms with Gasteiger partial charge in [0.25, 0.3) is 0 Å². The molecule has 2 N–H and O–H groups in total. The monoisotopic (exact) mass is 546 g/mol. The third-order valence-electron chi connectivity index (χ3n) is 5.38. The van der Waals surface area contributed by atoms with E-state index in [1.54, 1.807) is 23.5 Å². The standard InChI is InChI=1S/C22H31FN4OS.HI/c1-4-24-21(25-13-20-27-19(14-29-20)16(2)3)26-15-22(9-11-28-12-10-22)17-5-7-18(23)8-6-17;/h5-8,14,16H,4,9-13,15H2,1-3H3,(H2,24,25,26);1H. The molecule has 5 nitrogen and oxygen atoms in total. The number of halogens is 2. The Labute approximate surface area is 200 Å². The van der Waals surface area contributed by atoms with Gasteiger partial charge in [-0.15, -0.1) is 35.3 Å². The summed E-state index contributed by atoms with van der Waals surface area (Å²) in [6, 6.07) is 6.88. The van der Waals surface area contributed by atoms with Gasteiger partial charge in [0.1, 0.15) is 10.8 Å². The SMILES string of the molecule is CCNC(=NCc1nc(C(C)C)cs1)NCC1(c2ccc(F)cc2)CCOCC1.I. The number of nitrogens with zero attached hydrogens (tertiary/aromatic N) is 2. The third-order valence-corrected chi connectivity index (χ3v) is 6.23. The second-order valence-electron chi connectivity index (χ2n) is 7.77. The van der Waals surface area contributed by atoms with Gasteiger partial charge in [0.05, 0.1) is 12.2 Å². The van der Waals surface area contributed by atoms with Crippen LogP contribution in [0, 0.1) is 5.82 Å². The summed E-state index contributed by atoms with van der Waals surface area (Å²) in [5, 5.41) is 9.97. The number of thiazole rings is 1. The normalized spacial score (nSPS) is 16.2. The van der Waals surface area contributed by atoms with E-state index in [9.17, 15) is 4.39 Å². The number of guanidine groups is 1. The molecule has 1 aromatic heterocycles. The zero-order valence-corrected chi connectivity index (χ0v) is 21.1. The van der Waals surface area contributed by atoms with Crippen LogP contribution in [0.1, 0.15) is 55.8 Å². The fourth-order valence-electron chi connectivity index (χ4n) is 3.54. The lowest BCUT2D eigenvalue weighted by atomic mass is 9.74. The van der Waals surface area contributed by atoms with Crippen LogP contribution in [0.25, 0.3) is 0 Å². The molecule has 0 saturated carbocycles.